The van der Waals surface area contributed by atoms with Crippen LogP contribution in [0.5, 0.6) is 0 Å². The standard InChI is InChI=1S/C21H14BrF2N5S/c1-28(21-26-18(17(9-25)30-21)11-4-6-13(23)7-5-11)20-16-8-14(22)15(24)10-29(16)27-19(20)12-2-3-12/h4-8,10,12H,2-3H2,1H3. The summed E-state index contributed by atoms with van der Waals surface area (Å²) < 4.78 is 29.3. The number of benzene rings is 1. The second kappa shape index (κ2) is 7.15. The van der Waals surface area contributed by atoms with E-state index in [1.807, 2.05) is 11.9 Å². The molecule has 1 aromatic carbocycles. The summed E-state index contributed by atoms with van der Waals surface area (Å²) in [6, 6.07) is 9.82. The predicted octanol–water partition coefficient (Wildman–Crippen LogP) is 6.02. The number of halogens is 3. The fraction of sp³-hybridized carbons (Fsp3) is 0.190. The minimum absolute atomic E-state index is 0.330. The van der Waals surface area contributed by atoms with Gasteiger partial charge in [0.1, 0.15) is 22.5 Å². The summed E-state index contributed by atoms with van der Waals surface area (Å²) in [4.78, 5) is 7.03. The van der Waals surface area contributed by atoms with Crippen LogP contribution in [0.1, 0.15) is 29.3 Å². The molecule has 4 aromatic rings. The van der Waals surface area contributed by atoms with Crippen molar-refractivity contribution in [2.45, 2.75) is 18.8 Å². The van der Waals surface area contributed by atoms with Gasteiger partial charge in [-0.05, 0) is 59.1 Å². The van der Waals surface area contributed by atoms with E-state index in [4.69, 9.17) is 0 Å². The third kappa shape index (κ3) is 3.16. The van der Waals surface area contributed by atoms with E-state index in [0.29, 0.717) is 31.7 Å². The molecule has 3 heterocycles. The fourth-order valence-corrected chi connectivity index (χ4v) is 4.62. The van der Waals surface area contributed by atoms with Gasteiger partial charge in [0.2, 0.25) is 0 Å². The van der Waals surface area contributed by atoms with Gasteiger partial charge in [0.25, 0.3) is 0 Å². The zero-order chi connectivity index (χ0) is 21.0. The normalized spacial score (nSPS) is 13.6. The summed E-state index contributed by atoms with van der Waals surface area (Å²) in [5.74, 6) is -0.402. The maximum Gasteiger partial charge on any atom is 0.191 e. The van der Waals surface area contributed by atoms with Crippen molar-refractivity contribution in [3.05, 3.63) is 63.2 Å². The van der Waals surface area contributed by atoms with Crippen LogP contribution in [0.2, 0.25) is 0 Å². The molecule has 0 N–H and O–H groups in total. The molecule has 5 nitrogen and oxygen atoms in total. The van der Waals surface area contributed by atoms with Crippen LogP contribution in [0.4, 0.5) is 19.6 Å². The second-order valence-electron chi connectivity index (χ2n) is 7.16. The highest BCUT2D eigenvalue weighted by Crippen LogP contribution is 2.47. The molecular weight excluding hydrogens is 472 g/mol. The third-order valence-electron chi connectivity index (χ3n) is 5.10. The number of pyridine rings is 1. The van der Waals surface area contributed by atoms with Crippen LogP contribution in [0.25, 0.3) is 16.8 Å². The highest BCUT2D eigenvalue weighted by atomic mass is 79.9. The number of fused-ring (bicyclic) bond motifs is 1. The van der Waals surface area contributed by atoms with Gasteiger partial charge in [-0.2, -0.15) is 10.4 Å². The Balaban J connectivity index is 1.65. The molecule has 0 unspecified atom stereocenters. The van der Waals surface area contributed by atoms with Gasteiger partial charge in [0.05, 0.1) is 27.6 Å². The Bertz CT molecular complexity index is 1320. The van der Waals surface area contributed by atoms with Gasteiger partial charge in [0, 0.05) is 18.5 Å². The average molecular weight is 486 g/mol. The monoisotopic (exact) mass is 485 g/mol. The molecule has 0 saturated heterocycles. The van der Waals surface area contributed by atoms with Crippen LogP contribution in [-0.2, 0) is 0 Å². The summed E-state index contributed by atoms with van der Waals surface area (Å²) in [6.07, 6.45) is 3.43. The Morgan fingerprint density at radius 1 is 1.27 bits per heavy atom. The van der Waals surface area contributed by atoms with Crippen molar-refractivity contribution < 1.29 is 8.78 Å². The van der Waals surface area contributed by atoms with Crippen molar-refractivity contribution in [2.24, 2.45) is 0 Å². The summed E-state index contributed by atoms with van der Waals surface area (Å²) in [5.41, 5.74) is 3.69. The van der Waals surface area contributed by atoms with Crippen molar-refractivity contribution in [1.82, 2.24) is 14.6 Å². The Labute approximate surface area is 183 Å². The topological polar surface area (TPSA) is 57.2 Å². The van der Waals surface area contributed by atoms with Crippen LogP contribution in [0, 0.1) is 23.0 Å². The molecule has 1 aliphatic carbocycles. The van der Waals surface area contributed by atoms with Gasteiger partial charge in [-0.15, -0.1) is 0 Å². The lowest BCUT2D eigenvalue weighted by Crippen LogP contribution is -2.10. The number of aromatic nitrogens is 3. The van der Waals surface area contributed by atoms with Crippen LogP contribution in [0.3, 0.4) is 0 Å². The van der Waals surface area contributed by atoms with E-state index < -0.39 is 0 Å². The summed E-state index contributed by atoms with van der Waals surface area (Å²) in [5, 5.41) is 14.9. The van der Waals surface area contributed by atoms with Gasteiger partial charge >= 0.3 is 0 Å². The minimum Gasteiger partial charge on any atom is -0.317 e. The molecule has 150 valence electrons. The smallest absolute Gasteiger partial charge is 0.191 e. The Morgan fingerprint density at radius 2 is 2.00 bits per heavy atom. The summed E-state index contributed by atoms with van der Waals surface area (Å²) in [6.45, 7) is 0. The molecular formula is C21H14BrF2N5S. The van der Waals surface area contributed by atoms with Gasteiger partial charge in [-0.1, -0.05) is 11.3 Å². The first kappa shape index (κ1) is 19.2. The first-order chi connectivity index (χ1) is 14.5. The molecule has 5 rings (SSSR count). The zero-order valence-corrected chi connectivity index (χ0v) is 18.1. The van der Waals surface area contributed by atoms with E-state index in [9.17, 15) is 14.0 Å². The highest BCUT2D eigenvalue weighted by molar-refractivity contribution is 9.10. The van der Waals surface area contributed by atoms with Gasteiger partial charge in [0.15, 0.2) is 10.9 Å². The van der Waals surface area contributed by atoms with Gasteiger partial charge in [-0.25, -0.2) is 18.3 Å². The van der Waals surface area contributed by atoms with E-state index in [-0.39, 0.29) is 11.6 Å². The third-order valence-corrected chi connectivity index (χ3v) is 6.74. The molecule has 0 atom stereocenters. The molecule has 30 heavy (non-hydrogen) atoms. The van der Waals surface area contributed by atoms with Gasteiger partial charge < -0.3 is 4.90 Å². The highest BCUT2D eigenvalue weighted by Gasteiger charge is 2.33. The number of anilines is 2. The first-order valence-electron chi connectivity index (χ1n) is 9.24. The predicted molar refractivity (Wildman–Crippen MR) is 115 cm³/mol. The van der Waals surface area contributed by atoms with Crippen LogP contribution in [-0.4, -0.2) is 21.6 Å². The average Bonchev–Trinajstić information content (AvgIpc) is 3.39. The molecule has 0 aliphatic heterocycles. The molecule has 3 aromatic heterocycles. The minimum atomic E-state index is -0.388. The molecule has 0 radical (unpaired) electrons. The van der Waals surface area contributed by atoms with Crippen molar-refractivity contribution in [2.75, 3.05) is 11.9 Å². The van der Waals surface area contributed by atoms with E-state index in [2.05, 4.69) is 32.1 Å². The number of thiazole rings is 1. The Kier molecular flexibility index (Phi) is 4.56. The molecule has 0 bridgehead atoms. The first-order valence-corrected chi connectivity index (χ1v) is 10.8. The number of nitriles is 1. The van der Waals surface area contributed by atoms with E-state index >= 15 is 0 Å². The molecule has 1 aliphatic rings. The van der Waals surface area contributed by atoms with Crippen molar-refractivity contribution in [1.29, 1.82) is 5.26 Å². The van der Waals surface area contributed by atoms with E-state index in [1.54, 1.807) is 22.7 Å². The lowest BCUT2D eigenvalue weighted by Gasteiger charge is -2.16. The number of nitrogens with zero attached hydrogens (tertiary/aromatic N) is 5. The summed E-state index contributed by atoms with van der Waals surface area (Å²) >= 11 is 4.52. The number of rotatable bonds is 4. The maximum absolute atomic E-state index is 14.1. The maximum atomic E-state index is 14.1. The Morgan fingerprint density at radius 3 is 2.67 bits per heavy atom. The van der Waals surface area contributed by atoms with Crippen LogP contribution >= 0.6 is 27.3 Å². The quantitative estimate of drug-likeness (QED) is 0.354. The fourth-order valence-electron chi connectivity index (χ4n) is 3.45. The molecule has 0 amide bonds. The second-order valence-corrected chi connectivity index (χ2v) is 8.99. The molecule has 0 spiro atoms. The number of hydrogen-bond acceptors (Lipinski definition) is 5. The van der Waals surface area contributed by atoms with Crippen LogP contribution in [0.15, 0.2) is 41.0 Å². The SMILES string of the molecule is CN(c1nc(-c2ccc(F)cc2)c(C#N)s1)c1c(C2CC2)nn2cc(F)c(Br)cc12. The number of hydrogen-bond donors (Lipinski definition) is 0. The van der Waals surface area contributed by atoms with Gasteiger partial charge in [-0.3, -0.25) is 0 Å². The summed E-state index contributed by atoms with van der Waals surface area (Å²) in [7, 11) is 1.87. The lowest BCUT2D eigenvalue weighted by molar-refractivity contribution is 0.607. The van der Waals surface area contributed by atoms with Crippen molar-refractivity contribution in [3.63, 3.8) is 0 Å². The lowest BCUT2D eigenvalue weighted by atomic mass is 10.1. The van der Waals surface area contributed by atoms with Crippen molar-refractivity contribution in [3.8, 4) is 17.3 Å². The van der Waals surface area contributed by atoms with Crippen LogP contribution < -0.4 is 4.90 Å². The molecule has 9 heteroatoms. The van der Waals surface area contributed by atoms with E-state index in [1.165, 1.54) is 29.7 Å². The largest absolute Gasteiger partial charge is 0.317 e. The Hall–Kier alpha value is -2.83. The van der Waals surface area contributed by atoms with Crippen molar-refractivity contribution >= 4 is 43.6 Å². The van der Waals surface area contributed by atoms with E-state index in [0.717, 1.165) is 29.7 Å². The zero-order valence-electron chi connectivity index (χ0n) is 15.7. The molecule has 1 fully saturated rings. The molecule has 1 saturated carbocycles.